The molecule has 3 rings (SSSR count). The number of methoxy groups -OCH3 is 4. The van der Waals surface area contributed by atoms with Crippen molar-refractivity contribution < 1.29 is 38.3 Å². The number of rotatable bonds is 9. The Morgan fingerprint density at radius 3 is 1.35 bits per heavy atom. The fourth-order valence-electron chi connectivity index (χ4n) is 2.37. The van der Waals surface area contributed by atoms with Crippen LogP contribution in [0.4, 0.5) is 0 Å². The SMILES string of the molecule is COc1cc(OC)nc(Oc2cccc(Oc3nc(OC)cc(OC)n3)c2C(=O)O)n1. The summed E-state index contributed by atoms with van der Waals surface area (Å²) in [5.74, 6) is -0.822. The van der Waals surface area contributed by atoms with Crippen LogP contribution in [-0.4, -0.2) is 59.5 Å². The standard InChI is InChI=1S/C19H18N4O8/c1-26-12-8-13(27-2)21-18(20-12)30-10-6-5-7-11(16(10)17(24)25)31-19-22-14(28-3)9-15(23-19)29-4/h5-9H,1-4H3,(H,24,25). The van der Waals surface area contributed by atoms with E-state index in [4.69, 9.17) is 28.4 Å². The Balaban J connectivity index is 2.00. The highest BCUT2D eigenvalue weighted by Crippen LogP contribution is 2.34. The van der Waals surface area contributed by atoms with Crippen LogP contribution in [0, 0.1) is 0 Å². The second kappa shape index (κ2) is 9.43. The van der Waals surface area contributed by atoms with E-state index in [1.165, 1.54) is 58.8 Å². The molecule has 2 heterocycles. The van der Waals surface area contributed by atoms with Gasteiger partial charge in [0.25, 0.3) is 0 Å². The van der Waals surface area contributed by atoms with Crippen LogP contribution in [0.3, 0.4) is 0 Å². The number of nitrogens with zero attached hydrogens (tertiary/aromatic N) is 4. The maximum Gasteiger partial charge on any atom is 0.343 e. The van der Waals surface area contributed by atoms with Crippen LogP contribution in [0.25, 0.3) is 0 Å². The summed E-state index contributed by atoms with van der Waals surface area (Å²) in [5, 5.41) is 9.77. The number of hydrogen-bond donors (Lipinski definition) is 1. The summed E-state index contributed by atoms with van der Waals surface area (Å²) in [7, 11) is 5.63. The summed E-state index contributed by atoms with van der Waals surface area (Å²) in [6.07, 6.45) is 0. The summed E-state index contributed by atoms with van der Waals surface area (Å²) in [6, 6.07) is 6.87. The van der Waals surface area contributed by atoms with Crippen molar-refractivity contribution in [1.29, 1.82) is 0 Å². The number of carbonyl (C=O) groups is 1. The minimum Gasteiger partial charge on any atom is -0.481 e. The Kier molecular flexibility index (Phi) is 6.50. The monoisotopic (exact) mass is 430 g/mol. The van der Waals surface area contributed by atoms with Gasteiger partial charge in [-0.15, -0.1) is 0 Å². The van der Waals surface area contributed by atoms with Gasteiger partial charge in [0, 0.05) is 0 Å². The molecule has 0 amide bonds. The Hall–Kier alpha value is -4.35. The lowest BCUT2D eigenvalue weighted by molar-refractivity contribution is 0.0691. The van der Waals surface area contributed by atoms with Gasteiger partial charge in [-0.2, -0.15) is 19.9 Å². The molecule has 0 saturated heterocycles. The molecule has 1 aromatic carbocycles. The second-order valence-electron chi connectivity index (χ2n) is 5.61. The molecule has 0 bridgehead atoms. The maximum atomic E-state index is 12.0. The van der Waals surface area contributed by atoms with Crippen molar-refractivity contribution in [3.05, 3.63) is 35.9 Å². The molecule has 2 aromatic heterocycles. The molecular weight excluding hydrogens is 412 g/mol. The van der Waals surface area contributed by atoms with Gasteiger partial charge in [-0.1, -0.05) is 6.07 Å². The number of aromatic carboxylic acids is 1. The highest BCUT2D eigenvalue weighted by atomic mass is 16.5. The third kappa shape index (κ3) is 4.98. The lowest BCUT2D eigenvalue weighted by atomic mass is 10.2. The van der Waals surface area contributed by atoms with Gasteiger partial charge in [0.15, 0.2) is 0 Å². The van der Waals surface area contributed by atoms with E-state index in [1.54, 1.807) is 0 Å². The van der Waals surface area contributed by atoms with E-state index in [0.29, 0.717) is 0 Å². The lowest BCUT2D eigenvalue weighted by Gasteiger charge is -2.13. The topological polar surface area (TPSA) is 144 Å². The van der Waals surface area contributed by atoms with E-state index in [2.05, 4.69) is 19.9 Å². The van der Waals surface area contributed by atoms with E-state index in [1.807, 2.05) is 0 Å². The van der Waals surface area contributed by atoms with Gasteiger partial charge in [-0.05, 0) is 12.1 Å². The van der Waals surface area contributed by atoms with Crippen LogP contribution in [0.5, 0.6) is 47.0 Å². The third-order valence-electron chi connectivity index (χ3n) is 3.76. The van der Waals surface area contributed by atoms with E-state index in [0.717, 1.165) is 0 Å². The Morgan fingerprint density at radius 2 is 1.06 bits per heavy atom. The average Bonchev–Trinajstić information content (AvgIpc) is 2.78. The average molecular weight is 430 g/mol. The summed E-state index contributed by atoms with van der Waals surface area (Å²) >= 11 is 0. The molecule has 162 valence electrons. The molecule has 31 heavy (non-hydrogen) atoms. The zero-order chi connectivity index (χ0) is 22.4. The zero-order valence-electron chi connectivity index (χ0n) is 17.0. The van der Waals surface area contributed by atoms with Gasteiger partial charge in [0.1, 0.15) is 17.1 Å². The van der Waals surface area contributed by atoms with E-state index < -0.39 is 5.97 Å². The molecule has 0 aliphatic heterocycles. The molecule has 0 atom stereocenters. The zero-order valence-corrected chi connectivity index (χ0v) is 17.0. The summed E-state index contributed by atoms with van der Waals surface area (Å²) in [5.41, 5.74) is -0.307. The van der Waals surface area contributed by atoms with Gasteiger partial charge < -0.3 is 33.5 Å². The Morgan fingerprint density at radius 1 is 0.710 bits per heavy atom. The highest BCUT2D eigenvalue weighted by Gasteiger charge is 2.22. The first-order valence-electron chi connectivity index (χ1n) is 8.63. The first-order valence-corrected chi connectivity index (χ1v) is 8.63. The van der Waals surface area contributed by atoms with Crippen molar-refractivity contribution in [2.24, 2.45) is 0 Å². The molecule has 0 saturated carbocycles. The van der Waals surface area contributed by atoms with Crippen molar-refractivity contribution in [2.75, 3.05) is 28.4 Å². The van der Waals surface area contributed by atoms with Gasteiger partial charge >= 0.3 is 18.0 Å². The van der Waals surface area contributed by atoms with Crippen LogP contribution in [0.2, 0.25) is 0 Å². The molecule has 1 N–H and O–H groups in total. The van der Waals surface area contributed by atoms with Gasteiger partial charge in [-0.3, -0.25) is 0 Å². The number of carboxylic acid groups (broad SMARTS) is 1. The predicted molar refractivity (Wildman–Crippen MR) is 104 cm³/mol. The molecule has 0 aliphatic rings. The largest absolute Gasteiger partial charge is 0.481 e. The van der Waals surface area contributed by atoms with Crippen molar-refractivity contribution in [2.45, 2.75) is 0 Å². The molecule has 0 unspecified atom stereocenters. The van der Waals surface area contributed by atoms with Crippen LogP contribution < -0.4 is 28.4 Å². The van der Waals surface area contributed by atoms with E-state index in [9.17, 15) is 9.90 Å². The van der Waals surface area contributed by atoms with Gasteiger partial charge in [-0.25, -0.2) is 4.79 Å². The Labute approximate surface area is 176 Å². The minimum absolute atomic E-state index is 0.0878. The first-order chi connectivity index (χ1) is 15.0. The molecular formula is C19H18N4O8. The Bertz CT molecular complexity index is 972. The highest BCUT2D eigenvalue weighted by molar-refractivity contribution is 5.94. The van der Waals surface area contributed by atoms with Crippen molar-refractivity contribution in [1.82, 2.24) is 19.9 Å². The quantitative estimate of drug-likeness (QED) is 0.532. The van der Waals surface area contributed by atoms with Crippen LogP contribution in [-0.2, 0) is 0 Å². The number of aromatic nitrogens is 4. The van der Waals surface area contributed by atoms with Crippen LogP contribution in [0.1, 0.15) is 10.4 Å². The van der Waals surface area contributed by atoms with E-state index >= 15 is 0 Å². The van der Waals surface area contributed by atoms with Crippen molar-refractivity contribution in [3.8, 4) is 47.0 Å². The van der Waals surface area contributed by atoms with Gasteiger partial charge in [0.05, 0.1) is 40.6 Å². The van der Waals surface area contributed by atoms with Crippen molar-refractivity contribution in [3.63, 3.8) is 0 Å². The molecule has 0 aliphatic carbocycles. The lowest BCUT2D eigenvalue weighted by Crippen LogP contribution is -2.06. The summed E-state index contributed by atoms with van der Waals surface area (Å²) < 4.78 is 31.4. The molecule has 0 spiro atoms. The number of benzene rings is 1. The van der Waals surface area contributed by atoms with E-state index in [-0.39, 0.29) is 52.6 Å². The number of ether oxygens (including phenoxy) is 6. The predicted octanol–water partition coefficient (Wildman–Crippen LogP) is 2.58. The first kappa shape index (κ1) is 21.4. The molecule has 12 nitrogen and oxygen atoms in total. The molecule has 0 fully saturated rings. The van der Waals surface area contributed by atoms with Crippen molar-refractivity contribution >= 4 is 5.97 Å². The maximum absolute atomic E-state index is 12.0. The van der Waals surface area contributed by atoms with Gasteiger partial charge in [0.2, 0.25) is 23.5 Å². The normalized spacial score (nSPS) is 10.2. The number of hydrogen-bond acceptors (Lipinski definition) is 11. The van der Waals surface area contributed by atoms with Crippen LogP contribution in [0.15, 0.2) is 30.3 Å². The number of carboxylic acids is 1. The molecule has 3 aromatic rings. The second-order valence-corrected chi connectivity index (χ2v) is 5.61. The molecule has 12 heteroatoms. The fraction of sp³-hybridized carbons (Fsp3) is 0.211. The summed E-state index contributed by atoms with van der Waals surface area (Å²) in [4.78, 5) is 28.1. The minimum atomic E-state index is -1.32. The van der Waals surface area contributed by atoms with Crippen LogP contribution >= 0.6 is 0 Å². The summed E-state index contributed by atoms with van der Waals surface area (Å²) in [6.45, 7) is 0. The fourth-order valence-corrected chi connectivity index (χ4v) is 2.37. The molecule has 0 radical (unpaired) electrons. The smallest absolute Gasteiger partial charge is 0.343 e. The third-order valence-corrected chi connectivity index (χ3v) is 3.76.